The molecule has 0 aliphatic carbocycles. The molecule has 0 saturated carbocycles. The van der Waals surface area contributed by atoms with Crippen LogP contribution >= 0.6 is 0 Å². The van der Waals surface area contributed by atoms with E-state index >= 15 is 0 Å². The Morgan fingerprint density at radius 2 is 0.894 bits per heavy atom. The number of ketones is 2. The smallest absolute Gasteiger partial charge is 0.311 e. The van der Waals surface area contributed by atoms with Crippen molar-refractivity contribution in [1.29, 1.82) is 0 Å². The van der Waals surface area contributed by atoms with Gasteiger partial charge < -0.3 is 4.74 Å². The molecule has 0 aromatic heterocycles. The second-order valence-electron chi connectivity index (χ2n) is 16.2. The highest BCUT2D eigenvalue weighted by atomic mass is 16.5. The van der Waals surface area contributed by atoms with Crippen molar-refractivity contribution >= 4 is 17.5 Å². The lowest BCUT2D eigenvalue weighted by atomic mass is 9.79. The number of unbranched alkanes of at least 4 members (excludes halogenated alkanes) is 16. The van der Waals surface area contributed by atoms with Crippen LogP contribution in [0.25, 0.3) is 0 Å². The highest BCUT2D eigenvalue weighted by Gasteiger charge is 2.29. The Balaban J connectivity index is 4.08. The average Bonchev–Trinajstić information content (AvgIpc) is 3.03. The number of hydrogen-bond donors (Lipinski definition) is 0. The van der Waals surface area contributed by atoms with Crippen LogP contribution in [-0.2, 0) is 19.1 Å². The number of carbonyl (C=O) groups is 3. The van der Waals surface area contributed by atoms with Gasteiger partial charge in [0.25, 0.3) is 0 Å². The minimum Gasteiger partial charge on any atom is -0.465 e. The Morgan fingerprint density at radius 3 is 1.45 bits per heavy atom. The molecule has 0 aromatic carbocycles. The SMILES string of the molecule is CCCCCCCCCOC(=O)C(C)(C)CCCCCC(=O)CCCCCC(C)(C)C(=O)CCC(CCCCC)CCCCCCC. The second kappa shape index (κ2) is 29.7. The van der Waals surface area contributed by atoms with Gasteiger partial charge in [0.1, 0.15) is 11.6 Å². The van der Waals surface area contributed by atoms with Crippen molar-refractivity contribution in [3.05, 3.63) is 0 Å². The number of hydrogen-bond acceptors (Lipinski definition) is 4. The Morgan fingerprint density at radius 1 is 0.468 bits per heavy atom. The number of rotatable bonds is 35. The van der Waals surface area contributed by atoms with E-state index in [-0.39, 0.29) is 11.4 Å². The highest BCUT2D eigenvalue weighted by Crippen LogP contribution is 2.30. The molecule has 4 heteroatoms. The van der Waals surface area contributed by atoms with E-state index in [2.05, 4.69) is 34.6 Å². The van der Waals surface area contributed by atoms with Crippen LogP contribution in [0.4, 0.5) is 0 Å². The Hall–Kier alpha value is -1.19. The van der Waals surface area contributed by atoms with E-state index in [1.165, 1.54) is 96.3 Å². The number of Topliss-reactive ketones (excluding diaryl/α,β-unsaturated/α-hetero) is 2. The van der Waals surface area contributed by atoms with Crippen LogP contribution in [0.1, 0.15) is 235 Å². The van der Waals surface area contributed by atoms with Crippen molar-refractivity contribution in [2.75, 3.05) is 6.61 Å². The van der Waals surface area contributed by atoms with E-state index in [1.54, 1.807) is 0 Å². The topological polar surface area (TPSA) is 60.4 Å². The molecule has 0 heterocycles. The summed E-state index contributed by atoms with van der Waals surface area (Å²) in [5, 5.41) is 0. The van der Waals surface area contributed by atoms with Crippen molar-refractivity contribution in [3.63, 3.8) is 0 Å². The molecule has 0 radical (unpaired) electrons. The fraction of sp³-hybridized carbons (Fsp3) is 0.930. The molecule has 0 saturated heterocycles. The summed E-state index contributed by atoms with van der Waals surface area (Å²) >= 11 is 0. The van der Waals surface area contributed by atoms with E-state index in [1.807, 2.05) is 13.8 Å². The second-order valence-corrected chi connectivity index (χ2v) is 16.2. The van der Waals surface area contributed by atoms with Gasteiger partial charge in [0, 0.05) is 24.7 Å². The largest absolute Gasteiger partial charge is 0.465 e. The van der Waals surface area contributed by atoms with Crippen LogP contribution in [0, 0.1) is 16.7 Å². The first-order valence-electron chi connectivity index (χ1n) is 20.7. The van der Waals surface area contributed by atoms with Crippen molar-refractivity contribution in [1.82, 2.24) is 0 Å². The van der Waals surface area contributed by atoms with Gasteiger partial charge in [-0.05, 0) is 58.3 Å². The van der Waals surface area contributed by atoms with Crippen LogP contribution in [0.3, 0.4) is 0 Å². The fourth-order valence-corrected chi connectivity index (χ4v) is 6.74. The van der Waals surface area contributed by atoms with Crippen molar-refractivity contribution in [3.8, 4) is 0 Å². The van der Waals surface area contributed by atoms with Gasteiger partial charge in [0.05, 0.1) is 12.0 Å². The number of ether oxygens (including phenoxy) is 1. The maximum Gasteiger partial charge on any atom is 0.311 e. The van der Waals surface area contributed by atoms with Crippen LogP contribution in [0.2, 0.25) is 0 Å². The van der Waals surface area contributed by atoms with Gasteiger partial charge in [-0.1, -0.05) is 163 Å². The van der Waals surface area contributed by atoms with E-state index in [0.717, 1.165) is 77.0 Å². The summed E-state index contributed by atoms with van der Waals surface area (Å²) in [5.74, 6) is 1.42. The van der Waals surface area contributed by atoms with Gasteiger partial charge in [-0.2, -0.15) is 0 Å². The van der Waals surface area contributed by atoms with Gasteiger partial charge in [0.15, 0.2) is 0 Å². The Labute approximate surface area is 294 Å². The molecule has 0 fully saturated rings. The molecule has 0 aromatic rings. The summed E-state index contributed by atoms with van der Waals surface area (Å²) in [6.07, 6.45) is 32.3. The van der Waals surface area contributed by atoms with Crippen LogP contribution in [0.5, 0.6) is 0 Å². The van der Waals surface area contributed by atoms with E-state index < -0.39 is 5.41 Å². The van der Waals surface area contributed by atoms with Crippen LogP contribution in [0.15, 0.2) is 0 Å². The minimum atomic E-state index is -0.454. The molecule has 0 spiro atoms. The molecule has 278 valence electrons. The Bertz CT molecular complexity index is 768. The van der Waals surface area contributed by atoms with E-state index in [9.17, 15) is 14.4 Å². The van der Waals surface area contributed by atoms with Gasteiger partial charge in [-0.25, -0.2) is 0 Å². The zero-order chi connectivity index (χ0) is 35.2. The summed E-state index contributed by atoms with van der Waals surface area (Å²) in [7, 11) is 0. The first-order valence-corrected chi connectivity index (χ1v) is 20.7. The predicted molar refractivity (Wildman–Crippen MR) is 203 cm³/mol. The minimum absolute atomic E-state index is 0.0794. The van der Waals surface area contributed by atoms with Gasteiger partial charge in [-0.15, -0.1) is 0 Å². The van der Waals surface area contributed by atoms with Gasteiger partial charge in [0.2, 0.25) is 0 Å². The monoisotopic (exact) mass is 663 g/mol. The Kier molecular flexibility index (Phi) is 29.0. The third-order valence-corrected chi connectivity index (χ3v) is 10.5. The molecule has 1 unspecified atom stereocenters. The molecule has 0 aliphatic heterocycles. The standard InChI is InChI=1S/C43H82O4/c1-8-11-14-16-17-19-28-37-47-41(46)43(6,7)36-27-21-25-32-39(44)31-24-20-26-35-42(4,5)40(45)34-33-38(29-22-13-10-3)30-23-18-15-12-9-2/h38H,8-37H2,1-7H3. The molecular weight excluding hydrogens is 580 g/mol. The number of esters is 1. The van der Waals surface area contributed by atoms with E-state index in [4.69, 9.17) is 4.74 Å². The first-order chi connectivity index (χ1) is 22.5. The predicted octanol–water partition coefficient (Wildman–Crippen LogP) is 13.7. The maximum absolute atomic E-state index is 13.2. The van der Waals surface area contributed by atoms with Gasteiger partial charge >= 0.3 is 5.97 Å². The maximum atomic E-state index is 13.2. The van der Waals surface area contributed by atoms with Crippen molar-refractivity contribution in [2.45, 2.75) is 235 Å². The highest BCUT2D eigenvalue weighted by molar-refractivity contribution is 5.84. The molecule has 0 bridgehead atoms. The molecule has 0 rings (SSSR count). The normalized spacial score (nSPS) is 12.7. The lowest BCUT2D eigenvalue weighted by Crippen LogP contribution is -2.27. The summed E-state index contributed by atoms with van der Waals surface area (Å²) in [4.78, 5) is 38.2. The van der Waals surface area contributed by atoms with Crippen molar-refractivity contribution in [2.24, 2.45) is 16.7 Å². The van der Waals surface area contributed by atoms with E-state index in [0.29, 0.717) is 36.9 Å². The lowest BCUT2D eigenvalue weighted by Gasteiger charge is -2.25. The molecule has 1 atom stereocenters. The van der Waals surface area contributed by atoms with Crippen molar-refractivity contribution < 1.29 is 19.1 Å². The average molecular weight is 663 g/mol. The summed E-state index contributed by atoms with van der Waals surface area (Å²) in [6, 6.07) is 0. The number of carbonyl (C=O) groups excluding carboxylic acids is 3. The zero-order valence-electron chi connectivity index (χ0n) is 32.9. The lowest BCUT2D eigenvalue weighted by molar-refractivity contribution is -0.154. The fourth-order valence-electron chi connectivity index (χ4n) is 6.74. The van der Waals surface area contributed by atoms with Crippen LogP contribution < -0.4 is 0 Å². The molecule has 0 aliphatic rings. The molecular formula is C43H82O4. The summed E-state index contributed by atoms with van der Waals surface area (Å²) in [6.45, 7) is 15.6. The molecule has 0 N–H and O–H groups in total. The molecule has 4 nitrogen and oxygen atoms in total. The summed E-state index contributed by atoms with van der Waals surface area (Å²) < 4.78 is 5.58. The summed E-state index contributed by atoms with van der Waals surface area (Å²) in [5.41, 5.74) is -0.711. The molecule has 47 heavy (non-hydrogen) atoms. The quantitative estimate of drug-likeness (QED) is 0.0500. The first kappa shape index (κ1) is 45.8. The zero-order valence-corrected chi connectivity index (χ0v) is 32.9. The van der Waals surface area contributed by atoms with Gasteiger partial charge in [-0.3, -0.25) is 14.4 Å². The van der Waals surface area contributed by atoms with Crippen LogP contribution in [-0.4, -0.2) is 24.1 Å². The molecule has 0 amide bonds. The third kappa shape index (κ3) is 26.4. The third-order valence-electron chi connectivity index (χ3n) is 10.5.